The summed E-state index contributed by atoms with van der Waals surface area (Å²) in [6, 6.07) is -10.7. The van der Waals surface area contributed by atoms with Gasteiger partial charge in [0.25, 0.3) is 0 Å². The van der Waals surface area contributed by atoms with E-state index in [-0.39, 0.29) is 62.4 Å². The number of fused-ring (bicyclic) bond motifs is 2. The standard InChI is InChI=1S/C69H117N13O19S2/c1-9-39(4)33-40(5)16-14-12-10-11-13-15-17-53(90)74-48-35-52(89)60(71-28-26-70)80-67(99)57-51(88)23-29-81(57)69(101)55(50(87)22-27-72-61(93)46(25-31-103-8)75-63(95)47(32-38(2)3)76-62(94)45(73-37-83)24-30-102-7)78-66(98)56(59(92)58(91)42-18-20-43(85)21-19-42)79-65(97)49-34-44(86)36-82(49)68(100)54(41(6)84)77-64(48)96/h18-21,37-41,44-52,54-60,71,84-89,91-92H,9-17,22-36,70H2,1-8H3,(H,72,93)(H,73,83)(H,74,90)(H,75,95)(H,76,94)(H,77,96)(H,78,98)(H,79,97)(H,80,99)/t39-,40+,41+,44+,45-,46-,47-,48-,49-,50+,51-,52+,54-,55-,56-,57-,58-,59-,60-/m0/s1. The molecule has 0 radical (unpaired) electrons. The molecule has 0 spiro atoms. The number of nitrogens with one attached hydrogen (secondary N) is 10. The third-order valence-corrected chi connectivity index (χ3v) is 20.2. The monoisotopic (exact) mass is 1500 g/mol. The average molecular weight is 1500 g/mol. The zero-order valence-electron chi connectivity index (χ0n) is 60.8. The van der Waals surface area contributed by atoms with Crippen molar-refractivity contribution in [3.05, 3.63) is 29.8 Å². The average Bonchev–Trinajstić information content (AvgIpc) is 1.72. The van der Waals surface area contributed by atoms with E-state index in [1.165, 1.54) is 42.1 Å². The van der Waals surface area contributed by atoms with E-state index in [4.69, 9.17) is 5.73 Å². The Morgan fingerprint density at radius 1 is 0.660 bits per heavy atom. The third-order valence-electron chi connectivity index (χ3n) is 18.9. The number of benzene rings is 1. The summed E-state index contributed by atoms with van der Waals surface area (Å²) in [6.07, 6.45) is -4.47. The summed E-state index contributed by atoms with van der Waals surface area (Å²) < 4.78 is 0. The summed E-state index contributed by atoms with van der Waals surface area (Å²) >= 11 is 2.79. The Hall–Kier alpha value is -6.47. The van der Waals surface area contributed by atoms with Gasteiger partial charge in [-0.3, -0.25) is 58.1 Å². The minimum absolute atomic E-state index is 0.0491. The van der Waals surface area contributed by atoms with E-state index in [0.29, 0.717) is 42.6 Å². The number of aliphatic hydroxyl groups is 7. The predicted octanol–water partition coefficient (Wildman–Crippen LogP) is -2.52. The Morgan fingerprint density at radius 3 is 1.88 bits per heavy atom. The zero-order chi connectivity index (χ0) is 76.6. The highest BCUT2D eigenvalue weighted by Gasteiger charge is 2.49. The van der Waals surface area contributed by atoms with Gasteiger partial charge in [-0.25, -0.2) is 0 Å². The van der Waals surface area contributed by atoms with Crippen molar-refractivity contribution in [1.29, 1.82) is 0 Å². The molecule has 20 N–H and O–H groups in total. The van der Waals surface area contributed by atoms with Crippen molar-refractivity contribution in [3.63, 3.8) is 0 Å². The van der Waals surface area contributed by atoms with Gasteiger partial charge in [-0.2, -0.15) is 23.5 Å². The van der Waals surface area contributed by atoms with Crippen LogP contribution in [0.1, 0.15) is 162 Å². The van der Waals surface area contributed by atoms with E-state index in [1.54, 1.807) is 6.26 Å². The maximum Gasteiger partial charge on any atom is 0.248 e. The fourth-order valence-corrected chi connectivity index (χ4v) is 13.8. The molecule has 32 nitrogen and oxygen atoms in total. The van der Waals surface area contributed by atoms with Gasteiger partial charge in [0.05, 0.1) is 30.5 Å². The maximum atomic E-state index is 15.3. The van der Waals surface area contributed by atoms with Crippen LogP contribution in [0, 0.1) is 17.8 Å². The van der Waals surface area contributed by atoms with E-state index >= 15 is 9.59 Å². The number of carbonyl (C=O) groups excluding carboxylic acids is 11. The minimum atomic E-state index is -2.41. The fourth-order valence-electron chi connectivity index (χ4n) is 12.9. The van der Waals surface area contributed by atoms with Crippen molar-refractivity contribution in [2.24, 2.45) is 23.5 Å². The van der Waals surface area contributed by atoms with Crippen LogP contribution in [0.4, 0.5) is 0 Å². The molecule has 3 fully saturated rings. The van der Waals surface area contributed by atoms with Gasteiger partial charge in [-0.15, -0.1) is 0 Å². The lowest BCUT2D eigenvalue weighted by molar-refractivity contribution is -0.148. The minimum Gasteiger partial charge on any atom is -0.508 e. The summed E-state index contributed by atoms with van der Waals surface area (Å²) in [5.41, 5.74) is 5.75. The fraction of sp³-hybridized carbons (Fsp3) is 0.754. The van der Waals surface area contributed by atoms with E-state index in [9.17, 15) is 84.0 Å². The summed E-state index contributed by atoms with van der Waals surface area (Å²) in [5.74, 6) is -8.57. The van der Waals surface area contributed by atoms with Gasteiger partial charge in [-0.1, -0.05) is 91.7 Å². The van der Waals surface area contributed by atoms with Crippen molar-refractivity contribution in [2.45, 2.75) is 254 Å². The lowest BCUT2D eigenvalue weighted by Gasteiger charge is -2.35. The Bertz CT molecular complexity index is 2880. The summed E-state index contributed by atoms with van der Waals surface area (Å²) in [6.45, 7) is 9.70. The lowest BCUT2D eigenvalue weighted by Crippen LogP contribution is -2.65. The van der Waals surface area contributed by atoms with Crippen molar-refractivity contribution < 1.29 is 93.6 Å². The summed E-state index contributed by atoms with van der Waals surface area (Å²) in [5, 5.41) is 118. The molecule has 3 saturated heterocycles. The second-order valence-corrected chi connectivity index (χ2v) is 29.9. The molecular weight excluding hydrogens is 1380 g/mol. The molecule has 0 bridgehead atoms. The quantitative estimate of drug-likeness (QED) is 0.0239. The van der Waals surface area contributed by atoms with Crippen LogP contribution in [0.3, 0.4) is 0 Å². The predicted molar refractivity (Wildman–Crippen MR) is 386 cm³/mol. The van der Waals surface area contributed by atoms with Crippen molar-refractivity contribution in [3.8, 4) is 5.75 Å². The number of carbonyl (C=O) groups is 11. The molecule has 0 saturated carbocycles. The first-order valence-corrected chi connectivity index (χ1v) is 38.9. The van der Waals surface area contributed by atoms with Crippen LogP contribution < -0.4 is 58.9 Å². The number of thioether (sulfide) groups is 2. The van der Waals surface area contributed by atoms with Crippen LogP contribution >= 0.6 is 23.5 Å². The molecule has 3 aliphatic rings. The number of hydrogen-bond acceptors (Lipinski definition) is 23. The summed E-state index contributed by atoms with van der Waals surface area (Å²) in [7, 11) is 0. The number of phenols is 1. The van der Waals surface area contributed by atoms with Crippen LogP contribution in [-0.2, 0) is 52.7 Å². The van der Waals surface area contributed by atoms with Crippen molar-refractivity contribution in [2.75, 3.05) is 56.7 Å². The van der Waals surface area contributed by atoms with E-state index in [1.807, 2.05) is 20.1 Å². The molecule has 34 heteroatoms. The smallest absolute Gasteiger partial charge is 0.248 e. The summed E-state index contributed by atoms with van der Waals surface area (Å²) in [4.78, 5) is 158. The van der Waals surface area contributed by atoms with Crippen LogP contribution in [-0.4, -0.2) is 270 Å². The topological polar surface area (TPSA) is 502 Å². The van der Waals surface area contributed by atoms with Gasteiger partial charge in [0, 0.05) is 52.0 Å². The van der Waals surface area contributed by atoms with Crippen LogP contribution in [0.2, 0.25) is 0 Å². The van der Waals surface area contributed by atoms with E-state index in [2.05, 4.69) is 73.9 Å². The first-order valence-electron chi connectivity index (χ1n) is 36.1. The highest BCUT2D eigenvalue weighted by atomic mass is 32.2. The van der Waals surface area contributed by atoms with Gasteiger partial charge >= 0.3 is 0 Å². The van der Waals surface area contributed by atoms with Crippen molar-refractivity contribution >= 4 is 89.0 Å². The molecule has 1 aromatic carbocycles. The molecule has 0 aliphatic carbocycles. The zero-order valence-corrected chi connectivity index (χ0v) is 62.4. The van der Waals surface area contributed by atoms with Gasteiger partial charge in [0.15, 0.2) is 0 Å². The van der Waals surface area contributed by atoms with Crippen LogP contribution in [0.25, 0.3) is 0 Å². The van der Waals surface area contributed by atoms with E-state index in [0.717, 1.165) is 67.4 Å². The first-order chi connectivity index (χ1) is 48.9. The molecule has 11 amide bonds. The Kier molecular flexibility index (Phi) is 39.5. The Morgan fingerprint density at radius 2 is 1.26 bits per heavy atom. The molecule has 0 unspecified atom stereocenters. The Labute approximate surface area is 612 Å². The van der Waals surface area contributed by atoms with Crippen LogP contribution in [0.15, 0.2) is 24.3 Å². The molecule has 1 aromatic rings. The van der Waals surface area contributed by atoms with Gasteiger partial charge in [0.2, 0.25) is 65.5 Å². The SMILES string of the molecule is CC[C@H](C)C[C@H](C)CCCCCCCCC(=O)N[C@H]1C[C@@H](O)[C@@H](NCCN)NC(=O)[C@@H]2[C@@H](O)CCN2C(=O)[C@H]([C@H](O)CCNC(=O)[C@H](CCSC)NC(=O)[C@H](CC(C)C)NC(=O)[C@H](CCSC)NC=O)NC(=O)[C@H]([C@H](O)[C@@H](O)c2ccc(O)cc2)NC(=O)[C@@H]2C[C@@H](O)CN2C(=O)[C@H]([C@@H](C)O)NC1=O. The van der Waals surface area contributed by atoms with Gasteiger partial charge in [-0.05, 0) is 111 Å². The Balaban J connectivity index is 1.79. The molecule has 19 atom stereocenters. The van der Waals surface area contributed by atoms with Gasteiger partial charge < -0.3 is 104 Å². The number of nitrogens with two attached hydrogens (primary N) is 1. The molecular formula is C69H117N13O19S2. The highest BCUT2D eigenvalue weighted by Crippen LogP contribution is 2.27. The van der Waals surface area contributed by atoms with Crippen LogP contribution in [0.5, 0.6) is 5.75 Å². The lowest BCUT2D eigenvalue weighted by atomic mass is 9.91. The molecule has 3 aliphatic heterocycles. The largest absolute Gasteiger partial charge is 0.508 e. The first kappa shape index (κ1) is 88.9. The number of nitrogens with zero attached hydrogens (tertiary/aromatic N) is 2. The number of rotatable bonds is 39. The second kappa shape index (κ2) is 45.8. The molecule has 584 valence electrons. The molecule has 4 rings (SSSR count). The second-order valence-electron chi connectivity index (χ2n) is 27.9. The molecule has 3 heterocycles. The third kappa shape index (κ3) is 28.7. The molecule has 103 heavy (non-hydrogen) atoms. The highest BCUT2D eigenvalue weighted by molar-refractivity contribution is 7.98. The normalized spacial score (nSPS) is 25.1. The number of unbranched alkanes of at least 4 members (excludes halogenated alkanes) is 5. The van der Waals surface area contributed by atoms with E-state index < -0.39 is 201 Å². The number of aliphatic hydroxyl groups excluding tert-OH is 7. The van der Waals surface area contributed by atoms with Gasteiger partial charge in [0.1, 0.15) is 78.5 Å². The number of amides is 11. The maximum absolute atomic E-state index is 15.3. The van der Waals surface area contributed by atoms with Crippen molar-refractivity contribution in [1.82, 2.24) is 63.0 Å². The number of hydrogen-bond donors (Lipinski definition) is 19. The number of phenolic OH excluding ortho intramolecular Hbond substituents is 1. The molecule has 0 aromatic heterocycles. The number of aromatic hydroxyl groups is 1.